The van der Waals surface area contributed by atoms with Gasteiger partial charge in [-0.1, -0.05) is 12.2 Å². The molecule has 0 saturated heterocycles. The predicted molar refractivity (Wildman–Crippen MR) is 43.6 cm³/mol. The summed E-state index contributed by atoms with van der Waals surface area (Å²) in [5.41, 5.74) is 0. The maximum atomic E-state index is 4.84. The third kappa shape index (κ3) is 1.80. The van der Waals surface area contributed by atoms with Crippen molar-refractivity contribution >= 4 is 18.0 Å². The van der Waals surface area contributed by atoms with Crippen LogP contribution in [-0.4, -0.2) is 16.5 Å². The molecule has 0 spiro atoms. The Balaban J connectivity index is 2.85. The first-order chi connectivity index (χ1) is 4.83. The lowest BCUT2D eigenvalue weighted by atomic mass is 10.5. The molecule has 1 rings (SSSR count). The summed E-state index contributed by atoms with van der Waals surface area (Å²) in [6.45, 7) is 2.91. The molecule has 0 amide bonds. The van der Waals surface area contributed by atoms with E-state index in [4.69, 9.17) is 12.2 Å². The summed E-state index contributed by atoms with van der Waals surface area (Å²) in [6, 6.07) is 1.79. The van der Waals surface area contributed by atoms with Crippen molar-refractivity contribution in [2.75, 3.05) is 11.9 Å². The Morgan fingerprint density at radius 1 is 1.80 bits per heavy atom. The zero-order chi connectivity index (χ0) is 7.40. The van der Waals surface area contributed by atoms with Crippen LogP contribution in [0.4, 0.5) is 5.82 Å². The number of H-pyrrole nitrogens is 1. The molecule has 1 aromatic rings. The minimum absolute atomic E-state index is 0.606. The van der Waals surface area contributed by atoms with Gasteiger partial charge in [0.25, 0.3) is 0 Å². The number of nitrogens with zero attached hydrogens (tertiary/aromatic N) is 1. The maximum Gasteiger partial charge on any atom is 0.131 e. The minimum Gasteiger partial charge on any atom is -0.372 e. The fourth-order valence-electron chi connectivity index (χ4n) is 0.660. The van der Waals surface area contributed by atoms with Gasteiger partial charge in [0.2, 0.25) is 0 Å². The number of nitrogens with one attached hydrogen (secondary N) is 2. The molecule has 0 unspecified atom stereocenters. The highest BCUT2D eigenvalue weighted by atomic mass is 32.1. The van der Waals surface area contributed by atoms with E-state index in [0.717, 1.165) is 12.4 Å². The molecule has 1 aromatic heterocycles. The van der Waals surface area contributed by atoms with Crippen LogP contribution in [0.5, 0.6) is 0 Å². The van der Waals surface area contributed by atoms with Crippen LogP contribution in [0.15, 0.2) is 12.4 Å². The van der Waals surface area contributed by atoms with Crippen molar-refractivity contribution in [2.45, 2.75) is 6.92 Å². The van der Waals surface area contributed by atoms with E-state index in [1.807, 2.05) is 6.92 Å². The maximum absolute atomic E-state index is 4.84. The van der Waals surface area contributed by atoms with Crippen molar-refractivity contribution < 1.29 is 0 Å². The number of hydrogen-bond donors (Lipinski definition) is 2. The molecular formula is C6H9N3S. The number of anilines is 1. The van der Waals surface area contributed by atoms with Gasteiger partial charge in [0.05, 0.1) is 6.33 Å². The lowest BCUT2D eigenvalue weighted by molar-refractivity contribution is 1.10. The van der Waals surface area contributed by atoms with Gasteiger partial charge in [0.1, 0.15) is 10.5 Å². The van der Waals surface area contributed by atoms with Crippen LogP contribution < -0.4 is 5.32 Å². The van der Waals surface area contributed by atoms with Crippen LogP contribution in [0.25, 0.3) is 0 Å². The molecule has 0 aliphatic heterocycles. The van der Waals surface area contributed by atoms with Crippen LogP contribution >= 0.6 is 12.2 Å². The van der Waals surface area contributed by atoms with Crippen molar-refractivity contribution in [2.24, 2.45) is 0 Å². The summed E-state index contributed by atoms with van der Waals surface area (Å²) in [5.74, 6) is 0.919. The van der Waals surface area contributed by atoms with Gasteiger partial charge < -0.3 is 10.3 Å². The van der Waals surface area contributed by atoms with Crippen LogP contribution in [0.1, 0.15) is 6.92 Å². The van der Waals surface area contributed by atoms with E-state index in [1.165, 1.54) is 0 Å². The molecule has 3 nitrogen and oxygen atoms in total. The van der Waals surface area contributed by atoms with Crippen molar-refractivity contribution in [3.63, 3.8) is 0 Å². The molecular weight excluding hydrogens is 146 g/mol. The third-order valence-corrected chi connectivity index (χ3v) is 1.27. The molecule has 0 aliphatic carbocycles. The second-order valence-electron chi connectivity index (χ2n) is 1.83. The van der Waals surface area contributed by atoms with Crippen molar-refractivity contribution in [3.05, 3.63) is 17.0 Å². The number of aromatic nitrogens is 2. The minimum atomic E-state index is 0.606. The fourth-order valence-corrected chi connectivity index (χ4v) is 0.831. The highest BCUT2D eigenvalue weighted by Gasteiger charge is 1.85. The Kier molecular flexibility index (Phi) is 2.39. The second-order valence-corrected chi connectivity index (χ2v) is 2.25. The van der Waals surface area contributed by atoms with Gasteiger partial charge in [-0.15, -0.1) is 0 Å². The van der Waals surface area contributed by atoms with E-state index in [9.17, 15) is 0 Å². The fraction of sp³-hybridized carbons (Fsp3) is 0.333. The Bertz CT molecular complexity index is 255. The summed E-state index contributed by atoms with van der Waals surface area (Å²) in [7, 11) is 0. The summed E-state index contributed by atoms with van der Waals surface area (Å²) < 4.78 is 0.606. The molecule has 0 radical (unpaired) electrons. The molecule has 0 fully saturated rings. The smallest absolute Gasteiger partial charge is 0.131 e. The molecule has 1 heterocycles. The predicted octanol–water partition coefficient (Wildman–Crippen LogP) is 1.57. The topological polar surface area (TPSA) is 40.7 Å². The van der Waals surface area contributed by atoms with E-state index >= 15 is 0 Å². The van der Waals surface area contributed by atoms with Crippen LogP contribution in [-0.2, 0) is 0 Å². The van der Waals surface area contributed by atoms with Crippen LogP contribution in [0.2, 0.25) is 0 Å². The molecule has 0 saturated carbocycles. The monoisotopic (exact) mass is 155 g/mol. The van der Waals surface area contributed by atoms with Crippen molar-refractivity contribution in [1.29, 1.82) is 0 Å². The van der Waals surface area contributed by atoms with E-state index < -0.39 is 0 Å². The van der Waals surface area contributed by atoms with Crippen molar-refractivity contribution in [3.8, 4) is 0 Å². The molecule has 0 bridgehead atoms. The average molecular weight is 155 g/mol. The summed E-state index contributed by atoms with van der Waals surface area (Å²) >= 11 is 4.84. The summed E-state index contributed by atoms with van der Waals surface area (Å²) in [5, 5.41) is 3.09. The van der Waals surface area contributed by atoms with Gasteiger partial charge in [-0.25, -0.2) is 4.98 Å². The van der Waals surface area contributed by atoms with Gasteiger partial charge in [0.15, 0.2) is 0 Å². The SMILES string of the molecule is CCNc1cc(=S)nc[nH]1. The quantitative estimate of drug-likeness (QED) is 0.637. The van der Waals surface area contributed by atoms with Crippen LogP contribution in [0, 0.1) is 4.64 Å². The molecule has 10 heavy (non-hydrogen) atoms. The van der Waals surface area contributed by atoms with Gasteiger partial charge >= 0.3 is 0 Å². The van der Waals surface area contributed by atoms with Crippen LogP contribution in [0.3, 0.4) is 0 Å². The van der Waals surface area contributed by atoms with Gasteiger partial charge in [-0.05, 0) is 6.92 Å². The van der Waals surface area contributed by atoms with Crippen molar-refractivity contribution in [1.82, 2.24) is 9.97 Å². The highest BCUT2D eigenvalue weighted by Crippen LogP contribution is 1.97. The van der Waals surface area contributed by atoms with Gasteiger partial charge in [0, 0.05) is 12.6 Å². The van der Waals surface area contributed by atoms with E-state index in [1.54, 1.807) is 12.4 Å². The first-order valence-electron chi connectivity index (χ1n) is 3.11. The lowest BCUT2D eigenvalue weighted by Crippen LogP contribution is -1.98. The second kappa shape index (κ2) is 3.31. The molecule has 54 valence electrons. The largest absolute Gasteiger partial charge is 0.372 e. The first kappa shape index (κ1) is 7.21. The highest BCUT2D eigenvalue weighted by molar-refractivity contribution is 7.71. The average Bonchev–Trinajstić information content (AvgIpc) is 1.88. The first-order valence-corrected chi connectivity index (χ1v) is 3.52. The van der Waals surface area contributed by atoms with E-state index in [-0.39, 0.29) is 0 Å². The Labute approximate surface area is 64.5 Å². The zero-order valence-electron chi connectivity index (χ0n) is 5.72. The number of rotatable bonds is 2. The zero-order valence-corrected chi connectivity index (χ0v) is 6.53. The lowest BCUT2D eigenvalue weighted by Gasteiger charge is -1.99. The van der Waals surface area contributed by atoms with E-state index in [2.05, 4.69) is 15.3 Å². The van der Waals surface area contributed by atoms with Gasteiger partial charge in [-0.3, -0.25) is 0 Å². The molecule has 0 atom stereocenters. The Morgan fingerprint density at radius 3 is 3.20 bits per heavy atom. The number of aromatic amines is 1. The molecule has 2 N–H and O–H groups in total. The number of hydrogen-bond acceptors (Lipinski definition) is 3. The Hall–Kier alpha value is -0.900. The third-order valence-electron chi connectivity index (χ3n) is 1.05. The molecule has 4 heteroatoms. The normalized spacial score (nSPS) is 9.30. The molecule has 0 aliphatic rings. The summed E-state index contributed by atoms with van der Waals surface area (Å²) in [4.78, 5) is 6.76. The Morgan fingerprint density at radius 2 is 2.60 bits per heavy atom. The summed E-state index contributed by atoms with van der Waals surface area (Å²) in [6.07, 6.45) is 1.58. The van der Waals surface area contributed by atoms with E-state index in [0.29, 0.717) is 4.64 Å². The molecule has 0 aromatic carbocycles. The van der Waals surface area contributed by atoms with Gasteiger partial charge in [-0.2, -0.15) is 0 Å². The standard InChI is InChI=1S/C6H9N3S/c1-2-7-5-3-6(10)9-4-8-5/h3-4H,2H2,1H3,(H2,7,8,9,10).